The smallest absolute Gasteiger partial charge is 0.502 e. The number of nitro groups is 1. The van der Waals surface area contributed by atoms with Gasteiger partial charge in [-0.2, -0.15) is 14.3 Å². The summed E-state index contributed by atoms with van der Waals surface area (Å²) in [6, 6.07) is 19.6. The highest BCUT2D eigenvalue weighted by atomic mass is 35.5. The van der Waals surface area contributed by atoms with Gasteiger partial charge in [0.05, 0.1) is 24.4 Å². The van der Waals surface area contributed by atoms with E-state index in [1.807, 2.05) is 30.3 Å². The van der Waals surface area contributed by atoms with Crippen molar-refractivity contribution in [3.05, 3.63) is 100 Å². The van der Waals surface area contributed by atoms with E-state index in [0.717, 1.165) is 12.0 Å². The fourth-order valence-electron chi connectivity index (χ4n) is 2.62. The molecule has 3 aromatic rings. The van der Waals surface area contributed by atoms with Crippen LogP contribution in [0.4, 0.5) is 16.2 Å². The van der Waals surface area contributed by atoms with Crippen molar-refractivity contribution in [3.63, 3.8) is 0 Å². The van der Waals surface area contributed by atoms with E-state index in [4.69, 9.17) is 0 Å². The molecule has 0 fully saturated rings. The van der Waals surface area contributed by atoms with Crippen LogP contribution >= 0.6 is 0 Å². The van der Waals surface area contributed by atoms with E-state index in [1.54, 1.807) is 31.6 Å². The quantitative estimate of drug-likeness (QED) is 0.376. The molecule has 0 unspecified atom stereocenters. The maximum absolute atomic E-state index is 12.6. The molecule has 0 aliphatic heterocycles. The fourth-order valence-corrected chi connectivity index (χ4v) is 2.62. The average molecular weight is 384 g/mol. The van der Waals surface area contributed by atoms with E-state index in [2.05, 4.69) is 12.1 Å². The largest absolute Gasteiger partial charge is 1.00 e. The van der Waals surface area contributed by atoms with Crippen molar-refractivity contribution >= 4 is 17.4 Å². The van der Waals surface area contributed by atoms with Crippen molar-refractivity contribution < 1.29 is 26.7 Å². The standard InChI is InChI=1S/C20H18N3O3.ClH/c1-21(18-7-9-19(10-8-18)23(25)26)20(24)22-13-11-17(12-14-22)15-16-5-3-2-4-6-16;/h2-14H,15H2,1H3;1H/q+1;/p-1. The van der Waals surface area contributed by atoms with Gasteiger partial charge in [-0.25, -0.2) is 0 Å². The molecule has 0 radical (unpaired) electrons. The number of nitro benzene ring substituents is 1. The lowest BCUT2D eigenvalue weighted by Gasteiger charge is -2.09. The van der Waals surface area contributed by atoms with Gasteiger partial charge < -0.3 is 12.4 Å². The monoisotopic (exact) mass is 383 g/mol. The molecule has 1 amide bonds. The summed E-state index contributed by atoms with van der Waals surface area (Å²) in [5.41, 5.74) is 2.90. The van der Waals surface area contributed by atoms with Gasteiger partial charge >= 0.3 is 6.03 Å². The third-order valence-corrected chi connectivity index (χ3v) is 4.11. The number of carbonyl (C=O) groups excluding carboxylic acids is 1. The van der Waals surface area contributed by atoms with E-state index >= 15 is 0 Å². The lowest BCUT2D eigenvalue weighted by atomic mass is 10.1. The zero-order valence-corrected chi connectivity index (χ0v) is 15.4. The Morgan fingerprint density at radius 1 is 0.963 bits per heavy atom. The molecule has 1 heterocycles. The van der Waals surface area contributed by atoms with E-state index in [1.165, 1.54) is 27.2 Å². The summed E-state index contributed by atoms with van der Waals surface area (Å²) in [5, 5.41) is 10.7. The molecular weight excluding hydrogens is 366 g/mol. The second-order valence-electron chi connectivity index (χ2n) is 5.89. The second kappa shape index (κ2) is 8.91. The first kappa shape index (κ1) is 20.1. The van der Waals surface area contributed by atoms with E-state index in [0.29, 0.717) is 5.69 Å². The summed E-state index contributed by atoms with van der Waals surface area (Å²) in [5.74, 6) is 0. The minimum Gasteiger partial charge on any atom is -1.00 e. The van der Waals surface area contributed by atoms with Gasteiger partial charge in [0.2, 0.25) is 0 Å². The first-order chi connectivity index (χ1) is 12.5. The third kappa shape index (κ3) is 4.89. The van der Waals surface area contributed by atoms with Gasteiger partial charge in [0, 0.05) is 12.1 Å². The molecule has 3 rings (SSSR count). The Hall–Kier alpha value is -3.25. The summed E-state index contributed by atoms with van der Waals surface area (Å²) in [7, 11) is 1.63. The molecule has 0 saturated carbocycles. The molecule has 0 N–H and O–H groups in total. The van der Waals surface area contributed by atoms with Gasteiger partial charge in [-0.1, -0.05) is 30.3 Å². The molecule has 0 aliphatic rings. The number of aromatic nitrogens is 1. The van der Waals surface area contributed by atoms with Crippen LogP contribution in [0, 0.1) is 10.1 Å². The summed E-state index contributed by atoms with van der Waals surface area (Å²) in [6.07, 6.45) is 4.25. The molecule has 0 spiro atoms. The topological polar surface area (TPSA) is 67.3 Å². The number of hydrogen-bond donors (Lipinski definition) is 0. The van der Waals surface area contributed by atoms with Crippen LogP contribution in [0.1, 0.15) is 11.1 Å². The van der Waals surface area contributed by atoms with Gasteiger partial charge in [0.25, 0.3) is 5.69 Å². The number of anilines is 1. The van der Waals surface area contributed by atoms with Crippen molar-refractivity contribution in [2.45, 2.75) is 6.42 Å². The molecule has 2 aromatic carbocycles. The Bertz CT molecular complexity index is 913. The van der Waals surface area contributed by atoms with E-state index < -0.39 is 4.92 Å². The summed E-state index contributed by atoms with van der Waals surface area (Å²) >= 11 is 0. The number of non-ortho nitro benzene ring substituents is 1. The fraction of sp³-hybridized carbons (Fsp3) is 0.100. The first-order valence-electron chi connectivity index (χ1n) is 8.11. The normalized spacial score (nSPS) is 9.96. The molecule has 6 nitrogen and oxygen atoms in total. The highest BCUT2D eigenvalue weighted by molar-refractivity contribution is 5.85. The average Bonchev–Trinajstić information content (AvgIpc) is 2.68. The maximum Gasteiger partial charge on any atom is 0.502 e. The van der Waals surface area contributed by atoms with E-state index in [-0.39, 0.29) is 24.1 Å². The van der Waals surface area contributed by atoms with Gasteiger partial charge in [-0.05, 0) is 41.8 Å². The van der Waals surface area contributed by atoms with Gasteiger partial charge in [0.15, 0.2) is 0 Å². The molecule has 0 aliphatic carbocycles. The number of pyridine rings is 1. The minimum atomic E-state index is -0.466. The highest BCUT2D eigenvalue weighted by Crippen LogP contribution is 2.18. The van der Waals surface area contributed by atoms with Crippen LogP contribution in [0.3, 0.4) is 0 Å². The highest BCUT2D eigenvalue weighted by Gasteiger charge is 2.22. The van der Waals surface area contributed by atoms with Crippen LogP contribution in [-0.4, -0.2) is 18.0 Å². The maximum atomic E-state index is 12.6. The number of rotatable bonds is 4. The van der Waals surface area contributed by atoms with Gasteiger partial charge in [0.1, 0.15) is 5.69 Å². The molecule has 1 aromatic heterocycles. The molecule has 138 valence electrons. The number of nitrogens with zero attached hydrogens (tertiary/aromatic N) is 3. The van der Waals surface area contributed by atoms with Crippen molar-refractivity contribution in [1.29, 1.82) is 0 Å². The lowest BCUT2D eigenvalue weighted by Crippen LogP contribution is -3.00. The number of carbonyl (C=O) groups is 1. The molecule has 7 heteroatoms. The number of benzene rings is 2. The molecular formula is C20H18ClN3O3. The number of halogens is 1. The third-order valence-electron chi connectivity index (χ3n) is 4.11. The van der Waals surface area contributed by atoms with Crippen LogP contribution in [0.25, 0.3) is 0 Å². The Kier molecular flexibility index (Phi) is 6.62. The second-order valence-corrected chi connectivity index (χ2v) is 5.89. The minimum absolute atomic E-state index is 0. The zero-order chi connectivity index (χ0) is 18.5. The SMILES string of the molecule is CN(C(=O)[n+]1ccc(Cc2ccccc2)cc1)c1ccc([N+](=O)[O-])cc1.[Cl-]. The van der Waals surface area contributed by atoms with Gasteiger partial charge in [-0.3, -0.25) is 10.1 Å². The van der Waals surface area contributed by atoms with Crippen molar-refractivity contribution in [2.24, 2.45) is 0 Å². The van der Waals surface area contributed by atoms with Gasteiger partial charge in [-0.15, -0.1) is 0 Å². The van der Waals surface area contributed by atoms with Crippen LogP contribution in [0.5, 0.6) is 0 Å². The van der Waals surface area contributed by atoms with Crippen LogP contribution in [0.15, 0.2) is 79.1 Å². The molecule has 0 saturated heterocycles. The lowest BCUT2D eigenvalue weighted by molar-refractivity contribution is -0.569. The Morgan fingerprint density at radius 3 is 2.07 bits per heavy atom. The van der Waals surface area contributed by atoms with Crippen molar-refractivity contribution in [2.75, 3.05) is 11.9 Å². The Balaban J connectivity index is 0.00000261. The number of amides is 1. The predicted octanol–water partition coefficient (Wildman–Crippen LogP) is 0.582. The van der Waals surface area contributed by atoms with Crippen molar-refractivity contribution in [3.8, 4) is 0 Å². The summed E-state index contributed by atoms with van der Waals surface area (Å²) in [4.78, 5) is 24.3. The first-order valence-corrected chi connectivity index (χ1v) is 8.11. The van der Waals surface area contributed by atoms with E-state index in [9.17, 15) is 14.9 Å². The summed E-state index contributed by atoms with van der Waals surface area (Å²) in [6.45, 7) is 0. The molecule has 0 bridgehead atoms. The van der Waals surface area contributed by atoms with Crippen molar-refractivity contribution in [1.82, 2.24) is 0 Å². The molecule has 27 heavy (non-hydrogen) atoms. The molecule has 0 atom stereocenters. The summed E-state index contributed by atoms with van der Waals surface area (Å²) < 4.78 is 1.48. The Labute approximate surface area is 163 Å². The zero-order valence-electron chi connectivity index (χ0n) is 14.7. The number of hydrogen-bond acceptors (Lipinski definition) is 3. The van der Waals surface area contributed by atoms with Crippen LogP contribution in [-0.2, 0) is 6.42 Å². The van der Waals surface area contributed by atoms with Crippen LogP contribution < -0.4 is 21.9 Å². The Morgan fingerprint density at radius 2 is 1.52 bits per heavy atom. The predicted molar refractivity (Wildman–Crippen MR) is 98.2 cm³/mol. The van der Waals surface area contributed by atoms with Crippen LogP contribution in [0.2, 0.25) is 0 Å².